The topological polar surface area (TPSA) is 92.3 Å². The van der Waals surface area contributed by atoms with Gasteiger partial charge in [-0.15, -0.1) is 0 Å². The molecule has 138 valence electrons. The first-order chi connectivity index (χ1) is 12.6. The molecule has 0 radical (unpaired) electrons. The molecule has 0 unspecified atom stereocenters. The molecule has 26 heavy (non-hydrogen) atoms. The van der Waals surface area contributed by atoms with Crippen LogP contribution in [-0.2, 0) is 16.4 Å². The van der Waals surface area contributed by atoms with Crippen LogP contribution in [-0.4, -0.2) is 48.2 Å². The van der Waals surface area contributed by atoms with E-state index < -0.39 is 10.0 Å². The summed E-state index contributed by atoms with van der Waals surface area (Å²) in [5, 5.41) is 2.81. The first-order valence-corrected chi connectivity index (χ1v) is 10.1. The molecule has 0 spiro atoms. The van der Waals surface area contributed by atoms with Gasteiger partial charge in [-0.3, -0.25) is 4.79 Å². The number of carbonyl (C=O) groups is 1. The van der Waals surface area contributed by atoms with Crippen LogP contribution in [0.2, 0.25) is 0 Å². The maximum absolute atomic E-state index is 12.6. The van der Waals surface area contributed by atoms with Gasteiger partial charge in [-0.2, -0.15) is 4.31 Å². The zero-order valence-corrected chi connectivity index (χ0v) is 15.3. The Bertz CT molecular complexity index is 832. The van der Waals surface area contributed by atoms with Gasteiger partial charge < -0.3 is 5.32 Å². The van der Waals surface area contributed by atoms with E-state index in [1.807, 2.05) is 0 Å². The Morgan fingerprint density at radius 2 is 1.69 bits per heavy atom. The number of hydrogen-bond acceptors (Lipinski definition) is 5. The quantitative estimate of drug-likeness (QED) is 0.829. The van der Waals surface area contributed by atoms with Gasteiger partial charge >= 0.3 is 0 Å². The van der Waals surface area contributed by atoms with Crippen LogP contribution in [0.4, 0.5) is 0 Å². The van der Waals surface area contributed by atoms with Crippen LogP contribution in [0.3, 0.4) is 0 Å². The van der Waals surface area contributed by atoms with E-state index in [4.69, 9.17) is 0 Å². The van der Waals surface area contributed by atoms with Gasteiger partial charge in [0.15, 0.2) is 0 Å². The number of sulfonamides is 1. The molecule has 1 saturated heterocycles. The van der Waals surface area contributed by atoms with Crippen molar-refractivity contribution in [3.8, 4) is 0 Å². The van der Waals surface area contributed by atoms with Gasteiger partial charge in [-0.25, -0.2) is 18.4 Å². The van der Waals surface area contributed by atoms with Crippen molar-refractivity contribution in [2.24, 2.45) is 0 Å². The molecule has 1 aromatic carbocycles. The van der Waals surface area contributed by atoms with E-state index in [0.29, 0.717) is 31.6 Å². The predicted molar refractivity (Wildman–Crippen MR) is 97.1 cm³/mol. The zero-order valence-electron chi connectivity index (χ0n) is 14.5. The van der Waals surface area contributed by atoms with Crippen LogP contribution in [0.25, 0.3) is 0 Å². The largest absolute Gasteiger partial charge is 0.352 e. The molecule has 0 saturated carbocycles. The molecular weight excluding hydrogens is 352 g/mol. The number of piperidine rings is 1. The van der Waals surface area contributed by atoms with E-state index >= 15 is 0 Å². The maximum Gasteiger partial charge on any atom is 0.251 e. The highest BCUT2D eigenvalue weighted by atomic mass is 32.2. The lowest BCUT2D eigenvalue weighted by Gasteiger charge is -2.25. The van der Waals surface area contributed by atoms with Gasteiger partial charge in [0.05, 0.1) is 4.90 Å². The Kier molecular flexibility index (Phi) is 5.95. The van der Waals surface area contributed by atoms with Gasteiger partial charge in [-0.05, 0) is 49.1 Å². The summed E-state index contributed by atoms with van der Waals surface area (Å²) in [6, 6.07) is 6.11. The second-order valence-electron chi connectivity index (χ2n) is 6.24. The highest BCUT2D eigenvalue weighted by molar-refractivity contribution is 7.89. The fourth-order valence-corrected chi connectivity index (χ4v) is 4.43. The van der Waals surface area contributed by atoms with Crippen molar-refractivity contribution in [3.05, 3.63) is 54.1 Å². The summed E-state index contributed by atoms with van der Waals surface area (Å²) in [6.45, 7) is 1.58. The highest BCUT2D eigenvalue weighted by Gasteiger charge is 2.25. The van der Waals surface area contributed by atoms with Crippen LogP contribution in [0.1, 0.15) is 35.2 Å². The SMILES string of the molecule is O=C(NCCc1cncnc1)c1ccc(S(=O)(=O)N2CCCCC2)cc1. The molecule has 1 aliphatic rings. The fraction of sp³-hybridized carbons (Fsp3) is 0.389. The van der Waals surface area contributed by atoms with Crippen LogP contribution in [0, 0.1) is 0 Å². The Hall–Kier alpha value is -2.32. The van der Waals surface area contributed by atoms with Crippen LogP contribution >= 0.6 is 0 Å². The molecule has 0 aliphatic carbocycles. The normalized spacial score (nSPS) is 15.5. The fourth-order valence-electron chi connectivity index (χ4n) is 2.91. The minimum absolute atomic E-state index is 0.233. The number of aromatic nitrogens is 2. The molecule has 2 heterocycles. The summed E-state index contributed by atoms with van der Waals surface area (Å²) in [5.74, 6) is -0.233. The lowest BCUT2D eigenvalue weighted by molar-refractivity contribution is 0.0954. The van der Waals surface area contributed by atoms with Gasteiger partial charge in [-0.1, -0.05) is 6.42 Å². The average Bonchev–Trinajstić information content (AvgIpc) is 2.69. The average molecular weight is 374 g/mol. The molecule has 3 rings (SSSR count). The minimum Gasteiger partial charge on any atom is -0.352 e. The van der Waals surface area contributed by atoms with E-state index in [2.05, 4.69) is 15.3 Å². The Morgan fingerprint density at radius 1 is 1.04 bits per heavy atom. The van der Waals surface area contributed by atoms with Gasteiger partial charge in [0.1, 0.15) is 6.33 Å². The summed E-state index contributed by atoms with van der Waals surface area (Å²) in [4.78, 5) is 20.3. The highest BCUT2D eigenvalue weighted by Crippen LogP contribution is 2.20. The van der Waals surface area contributed by atoms with Crippen molar-refractivity contribution >= 4 is 15.9 Å². The smallest absolute Gasteiger partial charge is 0.251 e. The van der Waals surface area contributed by atoms with Crippen molar-refractivity contribution in [2.45, 2.75) is 30.6 Å². The summed E-state index contributed by atoms with van der Waals surface area (Å²) < 4.78 is 26.7. The lowest BCUT2D eigenvalue weighted by Crippen LogP contribution is -2.35. The lowest BCUT2D eigenvalue weighted by atomic mass is 10.2. The number of amides is 1. The molecule has 1 aliphatic heterocycles. The first-order valence-electron chi connectivity index (χ1n) is 8.70. The van der Waals surface area contributed by atoms with Gasteiger partial charge in [0.2, 0.25) is 10.0 Å². The zero-order chi connectivity index (χ0) is 18.4. The third-order valence-electron chi connectivity index (χ3n) is 4.38. The van der Waals surface area contributed by atoms with Gasteiger partial charge in [0, 0.05) is 37.6 Å². The predicted octanol–water partition coefficient (Wildman–Crippen LogP) is 1.62. The molecular formula is C18H22N4O3S. The third-order valence-corrected chi connectivity index (χ3v) is 6.30. The molecule has 8 heteroatoms. The second kappa shape index (κ2) is 8.37. The maximum atomic E-state index is 12.6. The molecule has 7 nitrogen and oxygen atoms in total. The second-order valence-corrected chi connectivity index (χ2v) is 8.18. The van der Waals surface area contributed by atoms with Gasteiger partial charge in [0.25, 0.3) is 5.91 Å². The van der Waals surface area contributed by atoms with Crippen molar-refractivity contribution in [3.63, 3.8) is 0 Å². The molecule has 1 aromatic heterocycles. The Morgan fingerprint density at radius 3 is 2.35 bits per heavy atom. The van der Waals surface area contributed by atoms with E-state index in [0.717, 1.165) is 24.8 Å². The van der Waals surface area contributed by atoms with E-state index in [-0.39, 0.29) is 10.8 Å². The van der Waals surface area contributed by atoms with Crippen LogP contribution < -0.4 is 5.32 Å². The molecule has 0 bridgehead atoms. The summed E-state index contributed by atoms with van der Waals surface area (Å²) in [7, 11) is -3.47. The number of hydrogen-bond donors (Lipinski definition) is 1. The van der Waals surface area contributed by atoms with Crippen molar-refractivity contribution in [2.75, 3.05) is 19.6 Å². The van der Waals surface area contributed by atoms with Crippen LogP contribution in [0.5, 0.6) is 0 Å². The minimum atomic E-state index is -3.47. The molecule has 1 amide bonds. The van der Waals surface area contributed by atoms with Crippen molar-refractivity contribution in [1.82, 2.24) is 19.6 Å². The standard InChI is InChI=1S/C18H22N4O3S/c23-18(21-9-8-15-12-19-14-20-13-15)16-4-6-17(7-5-16)26(24,25)22-10-2-1-3-11-22/h4-7,12-14H,1-3,8-11H2,(H,21,23). The molecule has 1 N–H and O–H groups in total. The van der Waals surface area contributed by atoms with E-state index in [1.54, 1.807) is 24.5 Å². The number of benzene rings is 1. The van der Waals surface area contributed by atoms with E-state index in [9.17, 15) is 13.2 Å². The number of nitrogens with zero attached hydrogens (tertiary/aromatic N) is 3. The first kappa shape index (κ1) is 18.5. The van der Waals surface area contributed by atoms with E-state index in [1.165, 1.54) is 22.8 Å². The Balaban J connectivity index is 1.59. The summed E-state index contributed by atoms with van der Waals surface area (Å²) in [5.41, 5.74) is 1.38. The molecule has 1 fully saturated rings. The van der Waals surface area contributed by atoms with Crippen molar-refractivity contribution in [1.29, 1.82) is 0 Å². The number of nitrogens with one attached hydrogen (secondary N) is 1. The molecule has 2 aromatic rings. The Labute approximate surface area is 153 Å². The monoisotopic (exact) mass is 374 g/mol. The summed E-state index contributed by atoms with van der Waals surface area (Å²) in [6.07, 6.45) is 8.37. The number of rotatable bonds is 6. The van der Waals surface area contributed by atoms with Crippen molar-refractivity contribution < 1.29 is 13.2 Å². The third kappa shape index (κ3) is 4.44. The van der Waals surface area contributed by atoms with Crippen LogP contribution in [0.15, 0.2) is 47.9 Å². The number of carbonyl (C=O) groups excluding carboxylic acids is 1. The molecule has 0 atom stereocenters. The summed E-state index contributed by atoms with van der Waals surface area (Å²) >= 11 is 0.